The van der Waals surface area contributed by atoms with Gasteiger partial charge in [0, 0.05) is 30.6 Å². The molecule has 4 aliphatic rings. The summed E-state index contributed by atoms with van der Waals surface area (Å²) in [5.41, 5.74) is 14.3. The number of unbranched alkanes of at least 4 members (excludes halogenated alkanes) is 1. The Bertz CT molecular complexity index is 928. The summed E-state index contributed by atoms with van der Waals surface area (Å²) in [5.74, 6) is 4.29. The van der Waals surface area contributed by atoms with Crippen LogP contribution in [0.4, 0.5) is 4.79 Å². The van der Waals surface area contributed by atoms with Crippen LogP contribution in [-0.4, -0.2) is 41.3 Å². The van der Waals surface area contributed by atoms with E-state index in [2.05, 4.69) is 33.8 Å². The van der Waals surface area contributed by atoms with Crippen molar-refractivity contribution >= 4 is 6.09 Å². The molecule has 0 unspecified atom stereocenters. The maximum atomic E-state index is 13.4. The van der Waals surface area contributed by atoms with Crippen molar-refractivity contribution in [2.45, 2.75) is 162 Å². The molecule has 0 aromatic rings. The summed E-state index contributed by atoms with van der Waals surface area (Å²) in [6.07, 6.45) is 19.5. The Hall–Kier alpha value is -1.07. The van der Waals surface area contributed by atoms with Crippen LogP contribution in [0.1, 0.15) is 145 Å². The SMILES string of the molecule is CC(C)CCCC[C@H]1CC[C@H]2[C@@H]3CC=C4C[C@@H](OC(=O)N(CCC(C)(C)N)CCC(C)(C)N)CC[C@]4(C)[C@H]3CC[C@]12C. The predicted octanol–water partition coefficient (Wildman–Crippen LogP) is 8.84. The quantitative estimate of drug-likeness (QED) is 0.177. The Balaban J connectivity index is 1.38. The van der Waals surface area contributed by atoms with Crippen molar-refractivity contribution in [1.29, 1.82) is 0 Å². The van der Waals surface area contributed by atoms with Gasteiger partial charge in [-0.25, -0.2) is 4.79 Å². The van der Waals surface area contributed by atoms with Gasteiger partial charge >= 0.3 is 6.09 Å². The fourth-order valence-electron chi connectivity index (χ4n) is 9.61. The van der Waals surface area contributed by atoms with Gasteiger partial charge < -0.3 is 21.1 Å². The summed E-state index contributed by atoms with van der Waals surface area (Å²) in [6.45, 7) is 19.2. The molecule has 242 valence electrons. The van der Waals surface area contributed by atoms with Gasteiger partial charge in [0.15, 0.2) is 0 Å². The Morgan fingerprint density at radius 1 is 0.976 bits per heavy atom. The number of hydrogen-bond acceptors (Lipinski definition) is 4. The molecule has 0 spiro atoms. The lowest BCUT2D eigenvalue weighted by molar-refractivity contribution is -0.0534. The molecule has 1 amide bonds. The summed E-state index contributed by atoms with van der Waals surface area (Å²) < 4.78 is 6.24. The molecule has 0 aromatic carbocycles. The van der Waals surface area contributed by atoms with Crippen molar-refractivity contribution < 1.29 is 9.53 Å². The largest absolute Gasteiger partial charge is 0.446 e. The van der Waals surface area contributed by atoms with Crippen molar-refractivity contribution in [2.75, 3.05) is 13.1 Å². The lowest BCUT2D eigenvalue weighted by atomic mass is 9.47. The topological polar surface area (TPSA) is 81.6 Å². The fourth-order valence-corrected chi connectivity index (χ4v) is 9.61. The molecule has 3 saturated carbocycles. The van der Waals surface area contributed by atoms with Crippen LogP contribution in [0.5, 0.6) is 0 Å². The molecule has 0 radical (unpaired) electrons. The number of amides is 1. The monoisotopic (exact) mass is 586 g/mol. The lowest BCUT2D eigenvalue weighted by Crippen LogP contribution is -2.51. The second kappa shape index (κ2) is 13.1. The molecule has 5 nitrogen and oxygen atoms in total. The zero-order valence-electron chi connectivity index (χ0n) is 28.8. The number of carbonyl (C=O) groups excluding carboxylic acids is 1. The molecule has 5 heteroatoms. The number of rotatable bonds is 12. The van der Waals surface area contributed by atoms with Gasteiger partial charge in [0.25, 0.3) is 0 Å². The Kier molecular flexibility index (Phi) is 10.6. The molecule has 0 aliphatic heterocycles. The number of ether oxygens (including phenoxy) is 1. The van der Waals surface area contributed by atoms with E-state index >= 15 is 0 Å². The fraction of sp³-hybridized carbons (Fsp3) is 0.919. The first kappa shape index (κ1) is 33.8. The van der Waals surface area contributed by atoms with E-state index in [1.807, 2.05) is 32.6 Å². The third kappa shape index (κ3) is 7.95. The van der Waals surface area contributed by atoms with Crippen LogP contribution in [0, 0.1) is 40.4 Å². The standard InChI is InChI=1S/C37H67N3O2/c1-26(2)11-9-10-12-27-14-16-31-30-15-13-28-25-29(17-19-37(28,8)32(30)18-20-36(27,31)7)42-33(41)40(23-21-34(3,4)38)24-22-35(5,6)39/h13,26-27,29-32H,9-12,14-25,38-39H2,1-8H3/t27-,29-,30-,31-,32-,36+,37-/m0/s1. The number of nitrogens with two attached hydrogens (primary N) is 2. The molecule has 0 saturated heterocycles. The highest BCUT2D eigenvalue weighted by Gasteiger charge is 2.58. The van der Waals surface area contributed by atoms with Gasteiger partial charge in [-0.3, -0.25) is 0 Å². The number of allylic oxidation sites excluding steroid dienone is 1. The number of fused-ring (bicyclic) bond motifs is 5. The van der Waals surface area contributed by atoms with Crippen molar-refractivity contribution in [3.05, 3.63) is 11.6 Å². The molecule has 0 heterocycles. The highest BCUT2D eigenvalue weighted by Crippen LogP contribution is 2.66. The molecule has 0 aromatic heterocycles. The highest BCUT2D eigenvalue weighted by molar-refractivity contribution is 5.68. The minimum absolute atomic E-state index is 0.0248. The smallest absolute Gasteiger partial charge is 0.410 e. The maximum Gasteiger partial charge on any atom is 0.410 e. The van der Waals surface area contributed by atoms with E-state index in [0.717, 1.165) is 61.7 Å². The highest BCUT2D eigenvalue weighted by atomic mass is 16.6. The van der Waals surface area contributed by atoms with E-state index < -0.39 is 0 Å². The first-order valence-corrected chi connectivity index (χ1v) is 17.7. The minimum Gasteiger partial charge on any atom is -0.446 e. The Labute approximate surface area is 259 Å². The van der Waals surface area contributed by atoms with Crippen LogP contribution in [0.15, 0.2) is 11.6 Å². The van der Waals surface area contributed by atoms with Crippen molar-refractivity contribution in [3.63, 3.8) is 0 Å². The molecule has 4 N–H and O–H groups in total. The zero-order chi connectivity index (χ0) is 30.9. The van der Waals surface area contributed by atoms with E-state index in [-0.39, 0.29) is 28.7 Å². The Morgan fingerprint density at radius 2 is 1.64 bits per heavy atom. The predicted molar refractivity (Wildman–Crippen MR) is 176 cm³/mol. The van der Waals surface area contributed by atoms with Gasteiger partial charge in [-0.2, -0.15) is 0 Å². The molecule has 0 bridgehead atoms. The van der Waals surface area contributed by atoms with Crippen LogP contribution < -0.4 is 11.5 Å². The van der Waals surface area contributed by atoms with Crippen LogP contribution in [0.2, 0.25) is 0 Å². The van der Waals surface area contributed by atoms with Crippen LogP contribution in [-0.2, 0) is 4.74 Å². The van der Waals surface area contributed by atoms with E-state index in [0.29, 0.717) is 18.5 Å². The third-order valence-corrected chi connectivity index (χ3v) is 12.4. The summed E-state index contributed by atoms with van der Waals surface area (Å²) in [5, 5.41) is 0. The molecule has 42 heavy (non-hydrogen) atoms. The van der Waals surface area contributed by atoms with Gasteiger partial charge in [-0.1, -0.05) is 58.6 Å². The molecule has 7 atom stereocenters. The number of carbonyl (C=O) groups is 1. The van der Waals surface area contributed by atoms with Crippen molar-refractivity contribution in [2.24, 2.45) is 51.9 Å². The molecule has 4 rings (SSSR count). The van der Waals surface area contributed by atoms with Gasteiger partial charge in [0.2, 0.25) is 0 Å². The lowest BCUT2D eigenvalue weighted by Gasteiger charge is -2.58. The summed E-state index contributed by atoms with van der Waals surface area (Å²) in [6, 6.07) is 0. The van der Waals surface area contributed by atoms with Crippen LogP contribution in [0.3, 0.4) is 0 Å². The van der Waals surface area contributed by atoms with E-state index in [1.54, 1.807) is 5.57 Å². The zero-order valence-corrected chi connectivity index (χ0v) is 28.8. The van der Waals surface area contributed by atoms with Gasteiger partial charge in [0.1, 0.15) is 6.10 Å². The van der Waals surface area contributed by atoms with Crippen LogP contribution in [0.25, 0.3) is 0 Å². The third-order valence-electron chi connectivity index (χ3n) is 12.4. The molecular formula is C37H67N3O2. The van der Waals surface area contributed by atoms with Crippen LogP contribution >= 0.6 is 0 Å². The van der Waals surface area contributed by atoms with Gasteiger partial charge in [-0.05, 0) is 132 Å². The molecular weight excluding hydrogens is 518 g/mol. The minimum atomic E-state index is -0.323. The normalized spacial score (nSPS) is 34.8. The second-order valence-electron chi connectivity index (χ2n) is 17.5. The van der Waals surface area contributed by atoms with Crippen molar-refractivity contribution in [1.82, 2.24) is 4.90 Å². The van der Waals surface area contributed by atoms with E-state index in [4.69, 9.17) is 16.2 Å². The molecule has 4 aliphatic carbocycles. The molecule has 3 fully saturated rings. The van der Waals surface area contributed by atoms with Crippen molar-refractivity contribution in [3.8, 4) is 0 Å². The first-order valence-electron chi connectivity index (χ1n) is 17.7. The second-order valence-corrected chi connectivity index (χ2v) is 17.5. The van der Waals surface area contributed by atoms with Gasteiger partial charge in [0.05, 0.1) is 0 Å². The average Bonchev–Trinajstić information content (AvgIpc) is 3.21. The van der Waals surface area contributed by atoms with Gasteiger partial charge in [-0.15, -0.1) is 0 Å². The average molecular weight is 586 g/mol. The maximum absolute atomic E-state index is 13.4. The number of hydrogen-bond donors (Lipinski definition) is 2. The summed E-state index contributed by atoms with van der Waals surface area (Å²) in [7, 11) is 0. The Morgan fingerprint density at radius 3 is 2.26 bits per heavy atom. The summed E-state index contributed by atoms with van der Waals surface area (Å²) in [4.78, 5) is 15.3. The first-order chi connectivity index (χ1) is 19.5. The van der Waals surface area contributed by atoms with E-state index in [1.165, 1.54) is 57.8 Å². The summed E-state index contributed by atoms with van der Waals surface area (Å²) >= 11 is 0. The number of nitrogens with zero attached hydrogens (tertiary/aromatic N) is 1. The van der Waals surface area contributed by atoms with E-state index in [9.17, 15) is 4.79 Å².